The summed E-state index contributed by atoms with van der Waals surface area (Å²) in [5.74, 6) is -0.193. The van der Waals surface area contributed by atoms with Gasteiger partial charge in [-0.2, -0.15) is 0 Å². The first-order valence-electron chi connectivity index (χ1n) is 14.1. The molecular formula is C31H36N4O4S2. The number of ether oxygens (including phenoxy) is 1. The van der Waals surface area contributed by atoms with E-state index in [-0.39, 0.29) is 10.8 Å². The lowest BCUT2D eigenvalue weighted by Gasteiger charge is -2.27. The number of fused-ring (bicyclic) bond motifs is 1. The number of thiazole rings is 1. The van der Waals surface area contributed by atoms with E-state index in [1.54, 1.807) is 36.1 Å². The van der Waals surface area contributed by atoms with Crippen LogP contribution in [-0.2, 0) is 21.2 Å². The number of morpholine rings is 1. The van der Waals surface area contributed by atoms with Gasteiger partial charge in [-0.05, 0) is 73.9 Å². The molecule has 0 unspecified atom stereocenters. The Balaban J connectivity index is 1.40. The lowest BCUT2D eigenvalue weighted by Crippen LogP contribution is -2.39. The van der Waals surface area contributed by atoms with Crippen LogP contribution in [0.15, 0.2) is 77.7 Å². The van der Waals surface area contributed by atoms with Gasteiger partial charge in [0.05, 0.1) is 34.0 Å². The summed E-state index contributed by atoms with van der Waals surface area (Å²) in [5, 5.41) is 0.651. The second-order valence-electron chi connectivity index (χ2n) is 9.95. The van der Waals surface area contributed by atoms with Gasteiger partial charge in [-0.3, -0.25) is 18.9 Å². The molecule has 2 heterocycles. The largest absolute Gasteiger partial charge is 0.379 e. The smallest absolute Gasteiger partial charge is 0.264 e. The van der Waals surface area contributed by atoms with Gasteiger partial charge in [-0.1, -0.05) is 42.5 Å². The first-order valence-corrected chi connectivity index (χ1v) is 16.4. The first-order chi connectivity index (χ1) is 19.9. The van der Waals surface area contributed by atoms with E-state index in [0.717, 1.165) is 55.9 Å². The number of benzene rings is 3. The molecule has 3 aromatic carbocycles. The molecule has 0 N–H and O–H groups in total. The Hall–Kier alpha value is -3.31. The molecule has 0 atom stereocenters. The summed E-state index contributed by atoms with van der Waals surface area (Å²) in [4.78, 5) is 22.9. The summed E-state index contributed by atoms with van der Waals surface area (Å²) in [7, 11) is -3.79. The third kappa shape index (κ3) is 6.62. The molecule has 0 spiro atoms. The van der Waals surface area contributed by atoms with E-state index in [0.29, 0.717) is 29.5 Å². The maximum atomic E-state index is 13.9. The number of carbonyl (C=O) groups excluding carboxylic acids is 1. The number of hydrogen-bond acceptors (Lipinski definition) is 7. The fourth-order valence-corrected chi connectivity index (χ4v) is 7.52. The average Bonchev–Trinajstić information content (AvgIpc) is 3.43. The van der Waals surface area contributed by atoms with Gasteiger partial charge in [0.2, 0.25) is 0 Å². The fraction of sp³-hybridized carbons (Fsp3) is 0.355. The number of anilines is 2. The highest BCUT2D eigenvalue weighted by molar-refractivity contribution is 7.92. The lowest BCUT2D eigenvalue weighted by atomic mass is 10.2. The number of aryl methyl sites for hydroxylation is 1. The minimum atomic E-state index is -3.79. The van der Waals surface area contributed by atoms with Crippen molar-refractivity contribution in [1.82, 2.24) is 9.88 Å². The minimum Gasteiger partial charge on any atom is -0.379 e. The van der Waals surface area contributed by atoms with E-state index in [4.69, 9.17) is 9.72 Å². The fourth-order valence-electron chi connectivity index (χ4n) is 4.99. The Morgan fingerprint density at radius 3 is 2.41 bits per heavy atom. The third-order valence-corrected chi connectivity index (χ3v) is 10.3. The number of hydrogen-bond donors (Lipinski definition) is 0. The molecule has 4 aromatic rings. The van der Waals surface area contributed by atoms with E-state index >= 15 is 0 Å². The van der Waals surface area contributed by atoms with Crippen molar-refractivity contribution in [2.45, 2.75) is 31.6 Å². The highest BCUT2D eigenvalue weighted by atomic mass is 32.2. The van der Waals surface area contributed by atoms with Crippen LogP contribution in [0.1, 0.15) is 36.2 Å². The molecule has 1 fully saturated rings. The standard InChI is InChI=1S/C31H36N4O4S2/c1-3-24-11-16-28-29(23-24)40-31(32-28)34(18-8-17-33-19-21-39-22-20-33)30(36)25-12-14-27(15-13-25)41(37,38)35(4-2)26-9-6-5-7-10-26/h5-7,9-16,23H,3-4,8,17-22H2,1-2H3. The van der Waals surface area contributed by atoms with Crippen molar-refractivity contribution >= 4 is 48.3 Å². The first kappa shape index (κ1) is 29.2. The van der Waals surface area contributed by atoms with Gasteiger partial charge in [0.25, 0.3) is 15.9 Å². The third-order valence-electron chi connectivity index (χ3n) is 7.31. The quantitative estimate of drug-likeness (QED) is 0.231. The van der Waals surface area contributed by atoms with Crippen LogP contribution in [0.5, 0.6) is 0 Å². The van der Waals surface area contributed by atoms with Crippen LogP contribution in [0, 0.1) is 0 Å². The van der Waals surface area contributed by atoms with Crippen molar-refractivity contribution in [2.75, 3.05) is 55.1 Å². The van der Waals surface area contributed by atoms with Gasteiger partial charge in [0, 0.05) is 38.3 Å². The molecule has 8 nitrogen and oxygen atoms in total. The van der Waals surface area contributed by atoms with Crippen molar-refractivity contribution in [3.05, 3.63) is 83.9 Å². The van der Waals surface area contributed by atoms with Crippen LogP contribution in [0.3, 0.4) is 0 Å². The van der Waals surface area contributed by atoms with E-state index in [1.807, 2.05) is 24.3 Å². The molecule has 1 aliphatic rings. The normalized spacial score (nSPS) is 14.3. The number of aromatic nitrogens is 1. The summed E-state index contributed by atoms with van der Waals surface area (Å²) < 4.78 is 34.8. The number of carbonyl (C=O) groups is 1. The summed E-state index contributed by atoms with van der Waals surface area (Å²) in [6.45, 7) is 8.83. The molecule has 0 radical (unpaired) electrons. The summed E-state index contributed by atoms with van der Waals surface area (Å²) >= 11 is 1.51. The molecule has 1 saturated heterocycles. The maximum absolute atomic E-state index is 13.9. The Morgan fingerprint density at radius 2 is 1.73 bits per heavy atom. The van der Waals surface area contributed by atoms with E-state index in [1.165, 1.54) is 33.3 Å². The van der Waals surface area contributed by atoms with Crippen molar-refractivity contribution in [3.8, 4) is 0 Å². The van der Waals surface area contributed by atoms with Gasteiger partial charge in [-0.15, -0.1) is 0 Å². The van der Waals surface area contributed by atoms with Crippen LogP contribution in [0.4, 0.5) is 10.8 Å². The highest BCUT2D eigenvalue weighted by Gasteiger charge is 2.26. The van der Waals surface area contributed by atoms with Gasteiger partial charge < -0.3 is 4.74 Å². The van der Waals surface area contributed by atoms with E-state index in [2.05, 4.69) is 24.0 Å². The molecule has 0 saturated carbocycles. The Kier molecular flexibility index (Phi) is 9.34. The van der Waals surface area contributed by atoms with Crippen molar-refractivity contribution < 1.29 is 17.9 Å². The van der Waals surface area contributed by atoms with E-state index < -0.39 is 10.0 Å². The molecule has 5 rings (SSSR count). The summed E-state index contributed by atoms with van der Waals surface area (Å²) in [6.07, 6.45) is 1.72. The number of sulfonamides is 1. The second kappa shape index (κ2) is 13.1. The predicted molar refractivity (Wildman–Crippen MR) is 166 cm³/mol. The predicted octanol–water partition coefficient (Wildman–Crippen LogP) is 5.44. The molecule has 1 aliphatic heterocycles. The van der Waals surface area contributed by atoms with Crippen molar-refractivity contribution in [2.24, 2.45) is 0 Å². The zero-order valence-electron chi connectivity index (χ0n) is 23.5. The van der Waals surface area contributed by atoms with Crippen LogP contribution < -0.4 is 9.21 Å². The number of nitrogens with zero attached hydrogens (tertiary/aromatic N) is 4. The molecular weight excluding hydrogens is 556 g/mol. The van der Waals surface area contributed by atoms with Gasteiger partial charge >= 0.3 is 0 Å². The van der Waals surface area contributed by atoms with Crippen LogP contribution >= 0.6 is 11.3 Å². The molecule has 41 heavy (non-hydrogen) atoms. The summed E-state index contributed by atoms with van der Waals surface area (Å²) in [5.41, 5.74) is 3.12. The Labute approximate surface area is 246 Å². The van der Waals surface area contributed by atoms with Crippen LogP contribution in [0.2, 0.25) is 0 Å². The van der Waals surface area contributed by atoms with Gasteiger partial charge in [-0.25, -0.2) is 13.4 Å². The Bertz CT molecular complexity index is 1570. The molecule has 0 aliphatic carbocycles. The Morgan fingerprint density at radius 1 is 1.00 bits per heavy atom. The molecule has 0 bridgehead atoms. The van der Waals surface area contributed by atoms with Crippen LogP contribution in [-0.4, -0.2) is 70.1 Å². The molecule has 1 amide bonds. The molecule has 1 aromatic heterocycles. The van der Waals surface area contributed by atoms with Gasteiger partial charge in [0.15, 0.2) is 5.13 Å². The summed E-state index contributed by atoms with van der Waals surface area (Å²) in [6, 6.07) is 21.5. The number of para-hydroxylation sites is 1. The maximum Gasteiger partial charge on any atom is 0.264 e. The molecule has 10 heteroatoms. The van der Waals surface area contributed by atoms with E-state index in [9.17, 15) is 13.2 Å². The minimum absolute atomic E-state index is 0.144. The number of rotatable bonds is 11. The highest BCUT2D eigenvalue weighted by Crippen LogP contribution is 2.31. The molecule has 216 valence electrons. The second-order valence-corrected chi connectivity index (χ2v) is 12.8. The van der Waals surface area contributed by atoms with Crippen LogP contribution in [0.25, 0.3) is 10.2 Å². The van der Waals surface area contributed by atoms with Crippen molar-refractivity contribution in [3.63, 3.8) is 0 Å². The number of amides is 1. The lowest BCUT2D eigenvalue weighted by molar-refractivity contribution is 0.0376. The SMILES string of the molecule is CCc1ccc2nc(N(CCCN3CCOCC3)C(=O)c3ccc(S(=O)(=O)N(CC)c4ccccc4)cc3)sc2c1. The topological polar surface area (TPSA) is 83.0 Å². The monoisotopic (exact) mass is 592 g/mol. The average molecular weight is 593 g/mol. The zero-order chi connectivity index (χ0) is 28.8. The van der Waals surface area contributed by atoms with Gasteiger partial charge in [0.1, 0.15) is 0 Å². The zero-order valence-corrected chi connectivity index (χ0v) is 25.2. The van der Waals surface area contributed by atoms with Crippen molar-refractivity contribution in [1.29, 1.82) is 0 Å².